The Bertz CT molecular complexity index is 736. The summed E-state index contributed by atoms with van der Waals surface area (Å²) in [4.78, 5) is 16.8. The highest BCUT2D eigenvalue weighted by Gasteiger charge is 2.43. The summed E-state index contributed by atoms with van der Waals surface area (Å²) in [7, 11) is -2.05. The molecule has 3 rings (SSSR count). The number of fused-ring (bicyclic) bond motifs is 2. The van der Waals surface area contributed by atoms with Crippen LogP contribution in [0, 0.1) is 0 Å². The number of aromatic hydroxyl groups is 1. The number of nitrogens with zero attached hydrogens (tertiary/aromatic N) is 1. The van der Waals surface area contributed by atoms with Crippen LogP contribution in [0.25, 0.3) is 0 Å². The molecule has 1 atom stereocenters. The molecule has 0 spiro atoms. The van der Waals surface area contributed by atoms with Crippen LogP contribution in [0.3, 0.4) is 0 Å². The summed E-state index contributed by atoms with van der Waals surface area (Å²) in [6.45, 7) is 4.45. The first-order chi connectivity index (χ1) is 9.97. The highest BCUT2D eigenvalue weighted by atomic mass is 127. The number of phenols is 1. The van der Waals surface area contributed by atoms with E-state index in [9.17, 15) is 9.90 Å². The fourth-order valence-corrected chi connectivity index (χ4v) is 9.77. The third-order valence-electron chi connectivity index (χ3n) is 4.20. The van der Waals surface area contributed by atoms with Crippen molar-refractivity contribution in [2.45, 2.75) is 25.9 Å². The predicted octanol–water partition coefficient (Wildman–Crippen LogP) is 3.54. The van der Waals surface area contributed by atoms with Crippen molar-refractivity contribution >= 4 is 53.0 Å². The molecule has 5 heteroatoms. The number of carbonyl (C=O) groups excluding carboxylic acids is 1. The molecule has 3 nitrogen and oxygen atoms in total. The summed E-state index contributed by atoms with van der Waals surface area (Å²) in [5, 5.41) is 12.2. The molecule has 1 N–H and O–H groups in total. The highest BCUT2D eigenvalue weighted by Crippen LogP contribution is 2.38. The molecule has 0 fully saturated rings. The van der Waals surface area contributed by atoms with Crippen molar-refractivity contribution in [3.8, 4) is 5.75 Å². The Morgan fingerprint density at radius 2 is 2.10 bits per heavy atom. The normalized spacial score (nSPS) is 23.8. The van der Waals surface area contributed by atoms with Gasteiger partial charge in [0.1, 0.15) is 13.8 Å². The van der Waals surface area contributed by atoms with Crippen LogP contribution in [-0.2, 0) is 4.79 Å². The molecule has 0 amide bonds. The average molecular weight is 409 g/mol. The zero-order valence-electron chi connectivity index (χ0n) is 12.0. The van der Waals surface area contributed by atoms with Crippen LogP contribution in [0.4, 0.5) is 5.69 Å². The van der Waals surface area contributed by atoms with Gasteiger partial charge in [-0.15, -0.1) is 0 Å². The first-order valence-electron chi connectivity index (χ1n) is 7.02. The fraction of sp³-hybridized carbons (Fsp3) is 0.250. The van der Waals surface area contributed by atoms with Crippen molar-refractivity contribution < 1.29 is 9.90 Å². The molecular formula is C16H16INO2Si. The maximum atomic E-state index is 12.1. The number of ketones is 1. The highest BCUT2D eigenvalue weighted by molar-refractivity contribution is 14.1. The smallest absolute Gasteiger partial charge is 0.191 e. The Labute approximate surface area is 138 Å². The maximum Gasteiger partial charge on any atom is 0.191 e. The molecule has 2 aliphatic rings. The number of carbonyl (C=O) groups is 1. The molecule has 21 heavy (non-hydrogen) atoms. The van der Waals surface area contributed by atoms with Gasteiger partial charge in [-0.1, -0.05) is 19.9 Å². The topological polar surface area (TPSA) is 49.7 Å². The van der Waals surface area contributed by atoms with E-state index in [-0.39, 0.29) is 11.5 Å². The summed E-state index contributed by atoms with van der Waals surface area (Å²) in [5.41, 5.74) is 1.87. The van der Waals surface area contributed by atoms with Gasteiger partial charge in [0.05, 0.1) is 15.0 Å². The standard InChI is InChI=1S/C16H16INO2Si/c1-3-8-21(2)14-9-10(19)4-5-11(14)18-12-6-7-13(20)15(17)16(12)21/h4-7,9,19H,3,8H2,1-2H3. The molecule has 0 bridgehead atoms. The molecule has 0 aromatic heterocycles. The molecule has 1 aromatic rings. The van der Waals surface area contributed by atoms with Crippen molar-refractivity contribution in [2.24, 2.45) is 4.99 Å². The van der Waals surface area contributed by atoms with Crippen molar-refractivity contribution in [1.29, 1.82) is 0 Å². The van der Waals surface area contributed by atoms with E-state index < -0.39 is 8.07 Å². The number of hydrogen-bond donors (Lipinski definition) is 1. The van der Waals surface area contributed by atoms with Gasteiger partial charge in [-0.05, 0) is 69.4 Å². The molecule has 1 heterocycles. The van der Waals surface area contributed by atoms with E-state index in [4.69, 9.17) is 4.99 Å². The molecule has 108 valence electrons. The Morgan fingerprint density at radius 3 is 2.81 bits per heavy atom. The molecular weight excluding hydrogens is 393 g/mol. The van der Waals surface area contributed by atoms with Crippen molar-refractivity contribution in [3.05, 3.63) is 39.1 Å². The summed E-state index contributed by atoms with van der Waals surface area (Å²) in [6, 6.07) is 6.45. The third kappa shape index (κ3) is 2.22. The van der Waals surface area contributed by atoms with E-state index in [0.717, 1.165) is 37.8 Å². The number of aliphatic imine (C=N–C) groups is 1. The number of halogens is 1. The molecule has 0 radical (unpaired) electrons. The van der Waals surface area contributed by atoms with Gasteiger partial charge >= 0.3 is 0 Å². The minimum atomic E-state index is -2.05. The average Bonchev–Trinajstić information content (AvgIpc) is 2.44. The lowest BCUT2D eigenvalue weighted by Crippen LogP contribution is -2.52. The van der Waals surface area contributed by atoms with Crippen molar-refractivity contribution in [3.63, 3.8) is 0 Å². The van der Waals surface area contributed by atoms with Gasteiger partial charge < -0.3 is 5.11 Å². The number of rotatable bonds is 2. The lowest BCUT2D eigenvalue weighted by Gasteiger charge is -2.37. The first kappa shape index (κ1) is 14.7. The Balaban J connectivity index is 2.34. The number of phenolic OH excluding ortho intramolecular Hbond substituents is 1. The van der Waals surface area contributed by atoms with Gasteiger partial charge in [0, 0.05) is 0 Å². The zero-order chi connectivity index (χ0) is 15.2. The van der Waals surface area contributed by atoms with Crippen LogP contribution < -0.4 is 5.19 Å². The maximum absolute atomic E-state index is 12.1. The van der Waals surface area contributed by atoms with Crippen LogP contribution in [0.15, 0.2) is 44.1 Å². The second-order valence-corrected chi connectivity index (χ2v) is 10.9. The van der Waals surface area contributed by atoms with Crippen molar-refractivity contribution in [2.75, 3.05) is 0 Å². The van der Waals surface area contributed by atoms with E-state index in [1.165, 1.54) is 0 Å². The quantitative estimate of drug-likeness (QED) is 0.462. The minimum Gasteiger partial charge on any atom is -0.508 e. The van der Waals surface area contributed by atoms with Gasteiger partial charge in [-0.3, -0.25) is 4.79 Å². The zero-order valence-corrected chi connectivity index (χ0v) is 15.1. The van der Waals surface area contributed by atoms with Crippen LogP contribution >= 0.6 is 22.6 Å². The lowest BCUT2D eigenvalue weighted by atomic mass is 10.1. The fourth-order valence-electron chi connectivity index (χ4n) is 3.25. The van der Waals surface area contributed by atoms with E-state index in [2.05, 4.69) is 36.1 Å². The van der Waals surface area contributed by atoms with Gasteiger partial charge in [-0.25, -0.2) is 4.99 Å². The predicted molar refractivity (Wildman–Crippen MR) is 96.7 cm³/mol. The molecule has 1 unspecified atom stereocenters. The summed E-state index contributed by atoms with van der Waals surface area (Å²) in [5.74, 6) is 0.346. The lowest BCUT2D eigenvalue weighted by molar-refractivity contribution is -0.110. The first-order valence-corrected chi connectivity index (χ1v) is 10.8. The van der Waals surface area contributed by atoms with E-state index in [1.807, 2.05) is 18.2 Å². The largest absolute Gasteiger partial charge is 0.508 e. The second-order valence-electron chi connectivity index (χ2n) is 5.67. The molecule has 1 aromatic carbocycles. The Hall–Kier alpha value is -1.21. The molecule has 1 aliphatic heterocycles. The number of allylic oxidation sites excluding steroid dienone is 4. The van der Waals surface area contributed by atoms with E-state index >= 15 is 0 Å². The van der Waals surface area contributed by atoms with E-state index in [0.29, 0.717) is 0 Å². The summed E-state index contributed by atoms with van der Waals surface area (Å²) in [6.07, 6.45) is 4.50. The number of benzene rings is 1. The SMILES string of the molecule is CCC[Si]1(C)C2=C(I)C(=O)C=CC2=Nc2ccc(O)cc21. The Kier molecular flexibility index (Phi) is 3.65. The van der Waals surface area contributed by atoms with Crippen molar-refractivity contribution in [1.82, 2.24) is 0 Å². The second kappa shape index (κ2) is 5.21. The molecule has 0 saturated heterocycles. The minimum absolute atomic E-state index is 0.0722. The molecule has 0 saturated carbocycles. The van der Waals surface area contributed by atoms with Gasteiger partial charge in [0.15, 0.2) is 5.78 Å². The van der Waals surface area contributed by atoms with Crippen LogP contribution in [0.5, 0.6) is 5.75 Å². The monoisotopic (exact) mass is 409 g/mol. The van der Waals surface area contributed by atoms with Crippen LogP contribution in [-0.4, -0.2) is 24.7 Å². The van der Waals surface area contributed by atoms with Gasteiger partial charge in [-0.2, -0.15) is 0 Å². The molecule has 1 aliphatic carbocycles. The van der Waals surface area contributed by atoms with Crippen LogP contribution in [0.1, 0.15) is 13.3 Å². The van der Waals surface area contributed by atoms with Crippen LogP contribution in [0.2, 0.25) is 12.6 Å². The summed E-state index contributed by atoms with van der Waals surface area (Å²) >= 11 is 2.16. The van der Waals surface area contributed by atoms with Gasteiger partial charge in [0.25, 0.3) is 0 Å². The van der Waals surface area contributed by atoms with E-state index in [1.54, 1.807) is 12.1 Å². The Morgan fingerprint density at radius 1 is 1.33 bits per heavy atom. The summed E-state index contributed by atoms with van der Waals surface area (Å²) < 4.78 is 0.797. The van der Waals surface area contributed by atoms with Gasteiger partial charge in [0.2, 0.25) is 0 Å². The number of hydrogen-bond acceptors (Lipinski definition) is 3. The third-order valence-corrected chi connectivity index (χ3v) is 10.5.